The summed E-state index contributed by atoms with van der Waals surface area (Å²) in [6.07, 6.45) is 13.3. The highest BCUT2D eigenvalue weighted by Gasteiger charge is 2.92. The maximum Gasteiger partial charge on any atom is 0.472 e. The van der Waals surface area contributed by atoms with Crippen LogP contribution >= 0.6 is 7.82 Å². The summed E-state index contributed by atoms with van der Waals surface area (Å²) >= 11 is 0. The number of anilines is 1. The maximum absolute atomic E-state index is 14.1. The number of ether oxygens (including phenoxy) is 4. The molecule has 1 saturated carbocycles. The van der Waals surface area contributed by atoms with Crippen molar-refractivity contribution in [3.63, 3.8) is 0 Å². The Morgan fingerprint density at radius 2 is 1.72 bits per heavy atom. The molecule has 13 nitrogen and oxygen atoms in total. The molecule has 3 aliphatic rings. The molecule has 54 heavy (non-hydrogen) atoms. The first-order chi connectivity index (χ1) is 25.8. The van der Waals surface area contributed by atoms with Crippen LogP contribution in [0.1, 0.15) is 134 Å². The van der Waals surface area contributed by atoms with Crippen molar-refractivity contribution in [2.45, 2.75) is 159 Å². The molecule has 296 valence electrons. The van der Waals surface area contributed by atoms with Crippen molar-refractivity contribution in [3.8, 4) is 6.07 Å². The largest absolute Gasteiger partial charge is 0.472 e. The van der Waals surface area contributed by atoms with Gasteiger partial charge < -0.3 is 29.6 Å². The summed E-state index contributed by atoms with van der Waals surface area (Å²) in [4.78, 5) is 15.1. The van der Waals surface area contributed by atoms with Crippen molar-refractivity contribution >= 4 is 19.2 Å². The number of fused-ring (bicyclic) bond motifs is 1. The number of halogens is 1. The van der Waals surface area contributed by atoms with Gasteiger partial charge in [0.25, 0.3) is 0 Å². The van der Waals surface area contributed by atoms with Gasteiger partial charge in [0.15, 0.2) is 17.2 Å². The molecule has 3 fully saturated rings. The summed E-state index contributed by atoms with van der Waals surface area (Å²) in [6, 6.07) is 9.61. The van der Waals surface area contributed by atoms with Gasteiger partial charge in [-0.3, -0.25) is 9.05 Å². The Balaban J connectivity index is 1.05. The summed E-state index contributed by atoms with van der Waals surface area (Å²) in [5.41, 5.74) is 5.65. The quantitative estimate of drug-likeness (QED) is 0.0741. The highest BCUT2D eigenvalue weighted by molar-refractivity contribution is 7.47. The lowest BCUT2D eigenvalue weighted by Crippen LogP contribution is -2.33. The third-order valence-corrected chi connectivity index (χ3v) is 11.8. The number of aromatic nitrogens is 3. The molecule has 15 heteroatoms. The van der Waals surface area contributed by atoms with Gasteiger partial charge in [-0.1, -0.05) is 84.0 Å². The molecule has 2 unspecified atom stereocenters. The fraction of sp³-hybridized carbons (Fsp3) is 0.667. The number of phosphoric acid groups is 1. The van der Waals surface area contributed by atoms with Crippen molar-refractivity contribution in [3.05, 3.63) is 59.3 Å². The van der Waals surface area contributed by atoms with E-state index in [1.807, 2.05) is 12.1 Å². The van der Waals surface area contributed by atoms with Crippen LogP contribution in [0.5, 0.6) is 0 Å². The smallest absolute Gasteiger partial charge is 0.382 e. The van der Waals surface area contributed by atoms with E-state index in [1.165, 1.54) is 63.8 Å². The second kappa shape index (κ2) is 17.0. The molecule has 2 saturated heterocycles. The van der Waals surface area contributed by atoms with E-state index in [2.05, 4.69) is 17.0 Å². The monoisotopic (exact) mass is 771 g/mol. The summed E-state index contributed by atoms with van der Waals surface area (Å²) in [5.74, 6) is -1.26. The van der Waals surface area contributed by atoms with Crippen LogP contribution in [0.4, 0.5) is 10.2 Å². The lowest BCUT2D eigenvalue weighted by atomic mass is 10.0. The first-order valence-electron chi connectivity index (χ1n) is 19.4. The highest BCUT2D eigenvalue weighted by Crippen LogP contribution is 2.74. The van der Waals surface area contributed by atoms with Crippen LogP contribution in [0.25, 0.3) is 5.52 Å². The van der Waals surface area contributed by atoms with Gasteiger partial charge in [-0.25, -0.2) is 18.5 Å². The molecular weight excluding hydrogens is 716 g/mol. The molecule has 6 rings (SSSR count). The average Bonchev–Trinajstić information content (AvgIpc) is 3.51. The number of nitriles is 1. The number of unbranched alkanes of at least 4 members (excludes halogenated alkanes) is 11. The predicted octanol–water partition coefficient (Wildman–Crippen LogP) is 8.23. The Hall–Kier alpha value is -2.99. The minimum absolute atomic E-state index is 0.00127. The minimum Gasteiger partial charge on any atom is -0.382 e. The first-order valence-corrected chi connectivity index (χ1v) is 20.9. The molecule has 0 radical (unpaired) electrons. The fourth-order valence-electron chi connectivity index (χ4n) is 8.15. The molecular formula is C39H55FN5O8P. The van der Waals surface area contributed by atoms with Crippen molar-refractivity contribution in [1.29, 1.82) is 5.26 Å². The van der Waals surface area contributed by atoms with Crippen molar-refractivity contribution in [2.24, 2.45) is 0 Å². The summed E-state index contributed by atoms with van der Waals surface area (Å²) < 4.78 is 66.2. The molecule has 3 aromatic rings. The number of nitrogens with zero attached hydrogens (tertiary/aromatic N) is 4. The van der Waals surface area contributed by atoms with Gasteiger partial charge >= 0.3 is 7.82 Å². The lowest BCUT2D eigenvalue weighted by Gasteiger charge is -2.25. The van der Waals surface area contributed by atoms with Gasteiger partial charge in [-0.05, 0) is 63.1 Å². The summed E-state index contributed by atoms with van der Waals surface area (Å²) in [5, 5.41) is 13.6. The Morgan fingerprint density at radius 1 is 1.04 bits per heavy atom. The highest BCUT2D eigenvalue weighted by atomic mass is 31.2. The zero-order chi connectivity index (χ0) is 38.6. The Labute approximate surface area is 317 Å². The number of benzene rings is 1. The second-order valence-electron chi connectivity index (χ2n) is 15.5. The first kappa shape index (κ1) is 40.7. The van der Waals surface area contributed by atoms with Crippen molar-refractivity contribution < 1.29 is 41.8 Å². The zero-order valence-electron chi connectivity index (χ0n) is 31.9. The number of nitrogens with two attached hydrogens (primary N) is 1. The summed E-state index contributed by atoms with van der Waals surface area (Å²) in [6.45, 7) is 7.31. The van der Waals surface area contributed by atoms with Crippen LogP contribution in [0.15, 0.2) is 36.7 Å². The third-order valence-electron chi connectivity index (χ3n) is 10.9. The van der Waals surface area contributed by atoms with E-state index in [1.54, 1.807) is 37.4 Å². The molecule has 3 N–H and O–H groups in total. The molecule has 1 aliphatic carbocycles. The Kier molecular flexibility index (Phi) is 12.8. The maximum atomic E-state index is 14.1. The normalized spacial score (nSPS) is 27.0. The zero-order valence-corrected chi connectivity index (χ0v) is 32.8. The predicted molar refractivity (Wildman–Crippen MR) is 198 cm³/mol. The third kappa shape index (κ3) is 8.85. The molecule has 0 bridgehead atoms. The van der Waals surface area contributed by atoms with E-state index < -0.39 is 55.0 Å². The SMILES string of the molecule is CCCCCCCCCCCCCC[C@@H](COP(=O)(O)OC1[C@@]2(C)O[C@@H](c3ccc4c(N)ncnn34)[C@@H]3OC(C)(C)O[C@@]132)OCc1cc(F)cc(C#N)c1. The Bertz CT molecular complexity index is 1840. The molecule has 1 aromatic carbocycles. The number of phosphoric ester groups is 1. The van der Waals surface area contributed by atoms with Crippen LogP contribution in [0.3, 0.4) is 0 Å². The molecule has 7 atom stereocenters. The molecule has 1 spiro atoms. The number of nitrogen functional groups attached to an aromatic ring is 1. The van der Waals surface area contributed by atoms with Crippen molar-refractivity contribution in [2.75, 3.05) is 12.3 Å². The van der Waals surface area contributed by atoms with E-state index >= 15 is 0 Å². The van der Waals surface area contributed by atoms with Crippen LogP contribution < -0.4 is 5.73 Å². The molecule has 2 aliphatic heterocycles. The van der Waals surface area contributed by atoms with Crippen LogP contribution in [0, 0.1) is 17.1 Å². The van der Waals surface area contributed by atoms with Crippen LogP contribution in [0.2, 0.25) is 0 Å². The van der Waals surface area contributed by atoms with Gasteiger partial charge in [0.05, 0.1) is 36.6 Å². The molecule has 4 heterocycles. The van der Waals surface area contributed by atoms with E-state index in [0.717, 1.165) is 31.7 Å². The molecule has 0 amide bonds. The molecule has 2 aromatic heterocycles. The van der Waals surface area contributed by atoms with E-state index in [0.29, 0.717) is 29.0 Å². The topological polar surface area (TPSA) is 173 Å². The average molecular weight is 772 g/mol. The van der Waals surface area contributed by atoms with Gasteiger partial charge in [-0.15, -0.1) is 0 Å². The van der Waals surface area contributed by atoms with E-state index in [4.69, 9.17) is 33.7 Å². The van der Waals surface area contributed by atoms with Gasteiger partial charge in [0.1, 0.15) is 41.6 Å². The van der Waals surface area contributed by atoms with Crippen molar-refractivity contribution in [1.82, 2.24) is 14.6 Å². The fourth-order valence-corrected chi connectivity index (χ4v) is 9.19. The van der Waals surface area contributed by atoms with E-state index in [-0.39, 0.29) is 18.8 Å². The van der Waals surface area contributed by atoms with Crippen LogP contribution in [-0.2, 0) is 39.2 Å². The van der Waals surface area contributed by atoms with Crippen LogP contribution in [-0.4, -0.2) is 61.4 Å². The second-order valence-corrected chi connectivity index (χ2v) is 16.9. The van der Waals surface area contributed by atoms with Gasteiger partial charge in [0, 0.05) is 0 Å². The van der Waals surface area contributed by atoms with Gasteiger partial charge in [-0.2, -0.15) is 10.4 Å². The summed E-state index contributed by atoms with van der Waals surface area (Å²) in [7, 11) is -4.69. The number of hydrogen-bond acceptors (Lipinski definition) is 11. The minimum atomic E-state index is -4.69. The number of rotatable bonds is 22. The number of hydrogen-bond donors (Lipinski definition) is 2. The Morgan fingerprint density at radius 3 is 2.41 bits per heavy atom. The van der Waals surface area contributed by atoms with Gasteiger partial charge in [0.2, 0.25) is 0 Å². The van der Waals surface area contributed by atoms with E-state index in [9.17, 15) is 19.1 Å². The standard InChI is InChI=1S/C39H55FN5O8P/c1-5-6-7-8-9-10-11-12-13-14-15-16-17-30(48-24-28-20-27(23-41)21-29(40)22-28)25-49-54(46,47)52-36-38(4)39(36)34(51-37(2,3)53-39)33(50-38)31-18-19-32-35(42)43-26-44-45(31)32/h18-22,26,30,33-34,36H,5-17,24-25H2,1-4H3,(H,46,47)(H2,42,43,44)/t30-,33-,34-,36?,38+,39+/m0/s1. The lowest BCUT2D eigenvalue weighted by molar-refractivity contribution is -0.186.